The van der Waals surface area contributed by atoms with E-state index in [4.69, 9.17) is 5.11 Å². The summed E-state index contributed by atoms with van der Waals surface area (Å²) in [4.78, 5) is 10.2. The zero-order valence-corrected chi connectivity index (χ0v) is 12.5. The number of aromatic carboxylic acids is 1. The first kappa shape index (κ1) is 16.1. The Balaban J connectivity index is 3.23. The highest BCUT2D eigenvalue weighted by molar-refractivity contribution is 9.10. The van der Waals surface area contributed by atoms with E-state index in [9.17, 15) is 17.6 Å². The molecule has 106 valence electrons. The fourth-order valence-corrected chi connectivity index (χ4v) is 3.18. The minimum atomic E-state index is -4.06. The van der Waals surface area contributed by atoms with Gasteiger partial charge in [-0.25, -0.2) is 22.3 Å². The Bertz CT molecular complexity index is 589. The second kappa shape index (κ2) is 6.44. The SMILES string of the molecule is CCCCNS(=O)(=O)c1cc(Br)cc(C(=O)O)c1F. The van der Waals surface area contributed by atoms with Gasteiger partial charge in [0.15, 0.2) is 5.82 Å². The number of nitrogens with one attached hydrogen (secondary N) is 1. The molecule has 1 aromatic rings. The molecule has 19 heavy (non-hydrogen) atoms. The Hall–Kier alpha value is -0.990. The van der Waals surface area contributed by atoms with Gasteiger partial charge in [-0.1, -0.05) is 29.3 Å². The van der Waals surface area contributed by atoms with Gasteiger partial charge >= 0.3 is 5.97 Å². The average Bonchev–Trinajstić information content (AvgIpc) is 2.31. The van der Waals surface area contributed by atoms with Crippen LogP contribution in [0.1, 0.15) is 30.1 Å². The number of sulfonamides is 1. The quantitative estimate of drug-likeness (QED) is 0.769. The Morgan fingerprint density at radius 3 is 2.63 bits per heavy atom. The Morgan fingerprint density at radius 2 is 2.11 bits per heavy atom. The van der Waals surface area contributed by atoms with Crippen molar-refractivity contribution in [3.63, 3.8) is 0 Å². The third kappa shape index (κ3) is 3.99. The molecule has 0 aliphatic rings. The maximum absolute atomic E-state index is 13.9. The van der Waals surface area contributed by atoms with Crippen molar-refractivity contribution in [3.05, 3.63) is 28.0 Å². The van der Waals surface area contributed by atoms with Gasteiger partial charge in [0, 0.05) is 11.0 Å². The first-order chi connectivity index (χ1) is 8.79. The molecule has 0 fully saturated rings. The number of halogens is 2. The highest BCUT2D eigenvalue weighted by Gasteiger charge is 2.24. The van der Waals surface area contributed by atoms with E-state index in [1.165, 1.54) is 0 Å². The summed E-state index contributed by atoms with van der Waals surface area (Å²) >= 11 is 2.97. The second-order valence-electron chi connectivity index (χ2n) is 3.82. The second-order valence-corrected chi connectivity index (χ2v) is 6.47. The smallest absolute Gasteiger partial charge is 0.338 e. The maximum Gasteiger partial charge on any atom is 0.338 e. The van der Waals surface area contributed by atoms with Crippen molar-refractivity contribution < 1.29 is 22.7 Å². The molecule has 0 spiro atoms. The van der Waals surface area contributed by atoms with Crippen molar-refractivity contribution >= 4 is 31.9 Å². The van der Waals surface area contributed by atoms with Gasteiger partial charge in [-0.05, 0) is 18.6 Å². The molecule has 0 aromatic heterocycles. The molecule has 0 saturated carbocycles. The Labute approximate surface area is 119 Å². The van der Waals surface area contributed by atoms with Gasteiger partial charge in [0.2, 0.25) is 10.0 Å². The van der Waals surface area contributed by atoms with Gasteiger partial charge < -0.3 is 5.11 Å². The predicted octanol–water partition coefficient (Wildman–Crippen LogP) is 2.36. The van der Waals surface area contributed by atoms with E-state index in [0.29, 0.717) is 6.42 Å². The molecule has 0 atom stereocenters. The Morgan fingerprint density at radius 1 is 1.47 bits per heavy atom. The molecule has 0 unspecified atom stereocenters. The summed E-state index contributed by atoms with van der Waals surface area (Å²) in [5, 5.41) is 8.82. The van der Waals surface area contributed by atoms with Crippen molar-refractivity contribution in [2.45, 2.75) is 24.7 Å². The van der Waals surface area contributed by atoms with Gasteiger partial charge in [0.25, 0.3) is 0 Å². The number of unbranched alkanes of at least 4 members (excludes halogenated alkanes) is 1. The highest BCUT2D eigenvalue weighted by Crippen LogP contribution is 2.24. The summed E-state index contributed by atoms with van der Waals surface area (Å²) in [5.41, 5.74) is -0.690. The standard InChI is InChI=1S/C11H13BrFNO4S/c1-2-3-4-14-19(17,18)9-6-7(12)5-8(10(9)13)11(15)16/h5-6,14H,2-4H2,1H3,(H,15,16). The van der Waals surface area contributed by atoms with Gasteiger partial charge in [0.05, 0.1) is 5.56 Å². The third-order valence-electron chi connectivity index (χ3n) is 2.35. The molecule has 8 heteroatoms. The minimum Gasteiger partial charge on any atom is -0.478 e. The number of carboxylic acid groups (broad SMARTS) is 1. The molecule has 1 rings (SSSR count). The minimum absolute atomic E-state index is 0.174. The van der Waals surface area contributed by atoms with Crippen LogP contribution in [0.15, 0.2) is 21.5 Å². The van der Waals surface area contributed by atoms with E-state index >= 15 is 0 Å². The number of carbonyl (C=O) groups is 1. The normalized spacial score (nSPS) is 11.5. The lowest BCUT2D eigenvalue weighted by Gasteiger charge is -2.09. The topological polar surface area (TPSA) is 83.5 Å². The maximum atomic E-state index is 13.9. The third-order valence-corrected chi connectivity index (χ3v) is 4.26. The van der Waals surface area contributed by atoms with Gasteiger partial charge in [-0.3, -0.25) is 0 Å². The summed E-state index contributed by atoms with van der Waals surface area (Å²) in [7, 11) is -4.06. The monoisotopic (exact) mass is 353 g/mol. The molecule has 0 bridgehead atoms. The van der Waals surface area contributed by atoms with Crippen LogP contribution in [0.4, 0.5) is 4.39 Å². The van der Waals surface area contributed by atoms with E-state index in [-0.39, 0.29) is 11.0 Å². The van der Waals surface area contributed by atoms with Crippen LogP contribution in [-0.2, 0) is 10.0 Å². The average molecular weight is 354 g/mol. The summed E-state index contributed by atoms with van der Waals surface area (Å²) < 4.78 is 40.1. The van der Waals surface area contributed by atoms with Crippen LogP contribution in [0.5, 0.6) is 0 Å². The molecular weight excluding hydrogens is 341 g/mol. The van der Waals surface area contributed by atoms with E-state index in [1.54, 1.807) is 0 Å². The molecule has 0 aliphatic heterocycles. The molecular formula is C11H13BrFNO4S. The zero-order chi connectivity index (χ0) is 14.6. The number of rotatable bonds is 6. The van der Waals surface area contributed by atoms with Gasteiger partial charge in [0.1, 0.15) is 4.90 Å². The summed E-state index contributed by atoms with van der Waals surface area (Å²) in [6.45, 7) is 2.06. The molecule has 2 N–H and O–H groups in total. The molecule has 0 heterocycles. The highest BCUT2D eigenvalue weighted by atomic mass is 79.9. The lowest BCUT2D eigenvalue weighted by molar-refractivity contribution is 0.0691. The number of hydrogen-bond acceptors (Lipinski definition) is 3. The molecule has 5 nitrogen and oxygen atoms in total. The van der Waals surface area contributed by atoms with Crippen molar-refractivity contribution in [2.24, 2.45) is 0 Å². The van der Waals surface area contributed by atoms with Crippen molar-refractivity contribution in [1.82, 2.24) is 4.72 Å². The first-order valence-electron chi connectivity index (χ1n) is 5.51. The molecule has 0 saturated heterocycles. The predicted molar refractivity (Wildman–Crippen MR) is 71.2 cm³/mol. The van der Waals surface area contributed by atoms with Gasteiger partial charge in [-0.2, -0.15) is 0 Å². The number of carboxylic acids is 1. The van der Waals surface area contributed by atoms with E-state index in [1.807, 2.05) is 6.92 Å². The van der Waals surface area contributed by atoms with Crippen LogP contribution in [-0.4, -0.2) is 26.0 Å². The van der Waals surface area contributed by atoms with Crippen LogP contribution in [0.2, 0.25) is 0 Å². The van der Waals surface area contributed by atoms with Crippen molar-refractivity contribution in [1.29, 1.82) is 0 Å². The first-order valence-corrected chi connectivity index (χ1v) is 7.79. The van der Waals surface area contributed by atoms with Crippen molar-refractivity contribution in [3.8, 4) is 0 Å². The van der Waals surface area contributed by atoms with E-state index in [0.717, 1.165) is 18.6 Å². The van der Waals surface area contributed by atoms with Crippen LogP contribution in [0.25, 0.3) is 0 Å². The van der Waals surface area contributed by atoms with E-state index in [2.05, 4.69) is 20.7 Å². The summed E-state index contributed by atoms with van der Waals surface area (Å²) in [5.74, 6) is -2.79. The lowest BCUT2D eigenvalue weighted by atomic mass is 10.2. The number of benzene rings is 1. The summed E-state index contributed by atoms with van der Waals surface area (Å²) in [6, 6.07) is 2.05. The van der Waals surface area contributed by atoms with E-state index < -0.39 is 32.3 Å². The van der Waals surface area contributed by atoms with Crippen molar-refractivity contribution in [2.75, 3.05) is 6.54 Å². The Kier molecular flexibility index (Phi) is 5.45. The summed E-state index contributed by atoms with van der Waals surface area (Å²) in [6.07, 6.45) is 1.39. The molecule has 1 aromatic carbocycles. The molecule has 0 radical (unpaired) electrons. The number of hydrogen-bond donors (Lipinski definition) is 2. The van der Waals surface area contributed by atoms with Gasteiger partial charge in [-0.15, -0.1) is 0 Å². The fourth-order valence-electron chi connectivity index (χ4n) is 1.38. The van der Waals surface area contributed by atoms with Crippen LogP contribution in [0, 0.1) is 5.82 Å². The van der Waals surface area contributed by atoms with Crippen LogP contribution < -0.4 is 4.72 Å². The lowest BCUT2D eigenvalue weighted by Crippen LogP contribution is -2.26. The molecule has 0 aliphatic carbocycles. The largest absolute Gasteiger partial charge is 0.478 e. The molecule has 0 amide bonds. The fraction of sp³-hybridized carbons (Fsp3) is 0.364. The van der Waals surface area contributed by atoms with Crippen LogP contribution >= 0.6 is 15.9 Å². The zero-order valence-electron chi connectivity index (χ0n) is 10.1. The van der Waals surface area contributed by atoms with Crippen LogP contribution in [0.3, 0.4) is 0 Å².